The van der Waals surface area contributed by atoms with Crippen LogP contribution >= 0.6 is 0 Å². The number of rotatable bonds is 0. The van der Waals surface area contributed by atoms with Crippen LogP contribution in [0.25, 0.3) is 0 Å². The van der Waals surface area contributed by atoms with Crippen molar-refractivity contribution in [1.82, 2.24) is 0 Å². The molecule has 0 heterocycles. The molecule has 0 fully saturated rings. The van der Waals surface area contributed by atoms with Gasteiger partial charge in [-0.15, -0.1) is 0 Å². The van der Waals surface area contributed by atoms with Gasteiger partial charge in [0.15, 0.2) is 0 Å². The first-order valence-electron chi connectivity index (χ1n) is 0.667. The normalized spacial score (nSPS) is 8.29. The smallest absolute Gasteiger partial charge is 0.759 e. The Morgan fingerprint density at radius 3 is 1.14 bits per heavy atom. The van der Waals surface area contributed by atoms with Crippen LogP contribution in [0, 0.1) is 0 Å². The minimum Gasteiger partial charge on any atom is -0.759 e. The molecule has 32 valence electrons. The molecule has 0 radical (unpaired) electrons. The molecule has 0 aromatic carbocycles. The third-order valence-corrected chi connectivity index (χ3v) is 0. The fraction of sp³-hybridized carbons (Fsp3) is 0. The first-order chi connectivity index (χ1) is 2.00. The molecule has 0 aromatic rings. The summed E-state index contributed by atoms with van der Waals surface area (Å²) in [6, 6.07) is 0. The maximum absolute atomic E-state index is 8.52. The van der Waals surface area contributed by atoms with E-state index in [0.29, 0.717) is 0 Å². The van der Waals surface area contributed by atoms with Gasteiger partial charge in [0.25, 0.3) is 0 Å². The quantitative estimate of drug-likeness (QED) is 0.257. The third-order valence-electron chi connectivity index (χ3n) is 0. The van der Waals surface area contributed by atoms with Gasteiger partial charge in [0.1, 0.15) is 0 Å². The molecule has 4 nitrogen and oxygen atoms in total. The molecule has 0 aliphatic rings. The minimum atomic E-state index is -5.17. The van der Waals surface area contributed by atoms with Crippen molar-refractivity contribution in [3.63, 3.8) is 0 Å². The summed E-state index contributed by atoms with van der Waals surface area (Å²) in [6.45, 7) is 0. The van der Waals surface area contributed by atoms with E-state index in [-0.39, 0.29) is 36.8 Å². The molecule has 0 unspecified atom stereocenters. The van der Waals surface area contributed by atoms with Crippen LogP contribution in [0.4, 0.5) is 0 Å². The summed E-state index contributed by atoms with van der Waals surface area (Å²) < 4.78 is 34.1. The monoisotopic (exact) mass is 187 g/mol. The van der Waals surface area contributed by atoms with Crippen LogP contribution < -0.4 is 0 Å². The average molecular weight is 188 g/mol. The summed E-state index contributed by atoms with van der Waals surface area (Å²) in [7, 11) is -5.17. The Morgan fingerprint density at radius 1 is 1.14 bits per heavy atom. The number of hydrogen-bond donors (Lipinski definition) is 0. The molecule has 0 rings (SSSR count). The summed E-state index contributed by atoms with van der Waals surface area (Å²) in [4.78, 5) is 0. The molecule has 0 saturated heterocycles. The zero-order valence-corrected chi connectivity index (χ0v) is 8.26. The van der Waals surface area contributed by atoms with Crippen LogP contribution in [0.15, 0.2) is 0 Å². The Balaban J connectivity index is -0.0000000800. The molecule has 0 aliphatic heterocycles. The topological polar surface area (TPSA) is 80.3 Å². The Kier molecular flexibility index (Phi) is 11.6. The van der Waals surface area contributed by atoms with E-state index >= 15 is 0 Å². The Bertz CT molecular complexity index is 94.9. The van der Waals surface area contributed by atoms with Gasteiger partial charge in [-0.1, -0.05) is 0 Å². The van der Waals surface area contributed by atoms with Crippen molar-refractivity contribution in [2.75, 3.05) is 0 Å². The molecule has 0 atom stereocenters. The summed E-state index contributed by atoms with van der Waals surface area (Å²) in [6.07, 6.45) is 0. The van der Waals surface area contributed by atoms with E-state index in [0.717, 1.165) is 0 Å². The van der Waals surface area contributed by atoms with Gasteiger partial charge in [-0.3, -0.25) is 8.42 Å². The zero-order valence-electron chi connectivity index (χ0n) is 3.33. The van der Waals surface area contributed by atoms with Gasteiger partial charge in [-0.25, -0.2) is 0 Å². The Hall–Kier alpha value is 1.03. The van der Waals surface area contributed by atoms with Gasteiger partial charge in [-0.2, -0.15) is 0 Å². The van der Waals surface area contributed by atoms with E-state index in [2.05, 4.69) is 0 Å². The summed E-state index contributed by atoms with van der Waals surface area (Å²) >= 11 is 0. The predicted molar refractivity (Wildman–Crippen MR) is 16.2 cm³/mol. The molecule has 0 bridgehead atoms. The van der Waals surface area contributed by atoms with Crippen molar-refractivity contribution in [2.45, 2.75) is 0 Å². The van der Waals surface area contributed by atoms with Crippen LogP contribution in [0.1, 0.15) is 0 Å². The zero-order chi connectivity index (χ0) is 4.50. The van der Waals surface area contributed by atoms with Crippen molar-refractivity contribution in [3.8, 4) is 0 Å². The van der Waals surface area contributed by atoms with Crippen LogP contribution in [0.5, 0.6) is 0 Å². The van der Waals surface area contributed by atoms with Crippen LogP contribution in [0.2, 0.25) is 0 Å². The van der Waals surface area contributed by atoms with Gasteiger partial charge in [-0.05, 0) is 0 Å². The predicted octanol–water partition coefficient (Wildman–Crippen LogP) is -1.72. The summed E-state index contributed by atoms with van der Waals surface area (Å²) in [5.74, 6) is 0. The molecular weight excluding hydrogens is 188 g/mol. The Morgan fingerprint density at radius 2 is 1.14 bits per heavy atom. The van der Waals surface area contributed by atoms with Crippen LogP contribution in [0.3, 0.4) is 0 Å². The van der Waals surface area contributed by atoms with Gasteiger partial charge in [0.2, 0.25) is 0 Å². The van der Waals surface area contributed by atoms with Crippen molar-refractivity contribution in [2.24, 2.45) is 0 Å². The van der Waals surface area contributed by atoms with Crippen LogP contribution in [-0.2, 0) is 29.9 Å². The van der Waals surface area contributed by atoms with Crippen molar-refractivity contribution in [3.05, 3.63) is 0 Å². The largest absolute Gasteiger partial charge is 3.00 e. The maximum Gasteiger partial charge on any atom is 3.00 e. The second-order valence-corrected chi connectivity index (χ2v) is 1.22. The first-order valence-corrected chi connectivity index (χ1v) is 2.00. The fourth-order valence-electron chi connectivity index (χ4n) is 0. The second-order valence-electron chi connectivity index (χ2n) is 0.408. The van der Waals surface area contributed by atoms with Gasteiger partial charge in [0, 0.05) is 10.4 Å². The molecule has 0 saturated carbocycles. The van der Waals surface area contributed by atoms with E-state index in [1.807, 2.05) is 0 Å². The standard InChI is InChI=1S/Al.H2O4S.Zn/c;1-5(2,3)4;/h;(H2,1,2,3,4);/q+3;;+2/p-2. The molecule has 7 heteroatoms. The molecule has 0 N–H and O–H groups in total. The maximum atomic E-state index is 8.52. The van der Waals surface area contributed by atoms with E-state index in [1.165, 1.54) is 0 Å². The van der Waals surface area contributed by atoms with Crippen LogP contribution in [-0.4, -0.2) is 34.9 Å². The second kappa shape index (κ2) is 5.17. The Labute approximate surface area is 64.8 Å². The number of hydrogen-bond acceptors (Lipinski definition) is 4. The van der Waals surface area contributed by atoms with Crippen molar-refractivity contribution >= 4 is 27.8 Å². The van der Waals surface area contributed by atoms with E-state index in [1.54, 1.807) is 0 Å². The molecule has 0 amide bonds. The molecular formula is AlO4SZn+3. The average Bonchev–Trinajstić information content (AvgIpc) is 0.722. The van der Waals surface area contributed by atoms with Crippen molar-refractivity contribution in [1.29, 1.82) is 0 Å². The van der Waals surface area contributed by atoms with E-state index < -0.39 is 10.4 Å². The summed E-state index contributed by atoms with van der Waals surface area (Å²) in [5.41, 5.74) is 0. The SMILES string of the molecule is O=S(=O)([O-])[O-].[Al+3].[Zn+2]. The molecule has 0 aliphatic carbocycles. The molecule has 0 spiro atoms. The van der Waals surface area contributed by atoms with E-state index in [9.17, 15) is 0 Å². The third kappa shape index (κ3) is 169. The fourth-order valence-corrected chi connectivity index (χ4v) is 0. The molecule has 0 aromatic heterocycles. The minimum absolute atomic E-state index is 0. The van der Waals surface area contributed by atoms with Gasteiger partial charge >= 0.3 is 36.8 Å². The van der Waals surface area contributed by atoms with Crippen molar-refractivity contribution < 1.29 is 37.0 Å². The van der Waals surface area contributed by atoms with Gasteiger partial charge in [0.05, 0.1) is 0 Å². The summed E-state index contributed by atoms with van der Waals surface area (Å²) in [5, 5.41) is 0. The first kappa shape index (κ1) is 15.7. The molecule has 7 heavy (non-hydrogen) atoms. The van der Waals surface area contributed by atoms with E-state index in [4.69, 9.17) is 17.5 Å². The van der Waals surface area contributed by atoms with Gasteiger partial charge < -0.3 is 9.11 Å².